The number of carboxylic acid groups (broad SMARTS) is 1. The number of halogens is 2. The molecule has 0 atom stereocenters. The van der Waals surface area contributed by atoms with Crippen LogP contribution in [-0.4, -0.2) is 58.1 Å². The normalized spacial score (nSPS) is 14.6. The van der Waals surface area contributed by atoms with E-state index in [1.807, 2.05) is 43.0 Å². The van der Waals surface area contributed by atoms with Gasteiger partial charge < -0.3 is 15.7 Å². The fourth-order valence-electron chi connectivity index (χ4n) is 4.70. The largest absolute Gasteiger partial charge is 0.476 e. The number of benzene rings is 2. The van der Waals surface area contributed by atoms with Crippen LogP contribution in [0.15, 0.2) is 48.5 Å². The minimum atomic E-state index is -1.16. The molecule has 1 aliphatic rings. The van der Waals surface area contributed by atoms with Gasteiger partial charge in [0.25, 0.3) is 5.91 Å². The lowest BCUT2D eigenvalue weighted by atomic mass is 9.69. The molecule has 38 heavy (non-hydrogen) atoms. The predicted molar refractivity (Wildman–Crippen MR) is 140 cm³/mol. The minimum absolute atomic E-state index is 0.0197. The Hall–Kier alpha value is -3.89. The summed E-state index contributed by atoms with van der Waals surface area (Å²) in [6.45, 7) is 5.06. The average molecular weight is 540 g/mol. The fourth-order valence-corrected chi connectivity index (χ4v) is 4.87. The molecule has 4 rings (SSSR count). The molecule has 0 radical (unpaired) electrons. The number of nitrogens with zero attached hydrogens (tertiary/aromatic N) is 3. The SMILES string of the molecule is CNC(=O)c1cc(Cl)c(F)cc1NC(=O)C1(c2ccccc2C(C)C)CN(Cc2ccc(C(=O)O)nn2)C1. The zero-order valence-electron chi connectivity index (χ0n) is 21.1. The first kappa shape index (κ1) is 27.2. The van der Waals surface area contributed by atoms with Gasteiger partial charge in [-0.25, -0.2) is 9.18 Å². The number of likely N-dealkylation sites (tertiary alicyclic amines) is 1. The van der Waals surface area contributed by atoms with E-state index in [-0.39, 0.29) is 33.8 Å². The standard InChI is InChI=1S/C27H27ClFN5O4/c1-15(2)17-6-4-5-7-19(17)27(13-34(14-27)12-16-8-9-22(25(36)37)33-32-16)26(38)31-23-11-21(29)20(28)10-18(23)24(35)30-3/h4-11,15H,12-14H2,1-3H3,(H,30,35)(H,31,38)(H,36,37). The van der Waals surface area contributed by atoms with E-state index < -0.39 is 23.1 Å². The summed E-state index contributed by atoms with van der Waals surface area (Å²) < 4.78 is 14.4. The molecule has 0 bridgehead atoms. The number of aromatic carboxylic acids is 1. The summed E-state index contributed by atoms with van der Waals surface area (Å²) >= 11 is 5.91. The number of nitrogens with one attached hydrogen (secondary N) is 2. The molecule has 0 spiro atoms. The summed E-state index contributed by atoms with van der Waals surface area (Å²) in [6.07, 6.45) is 0. The molecule has 1 fully saturated rings. The summed E-state index contributed by atoms with van der Waals surface area (Å²) in [6, 6.07) is 12.9. The van der Waals surface area contributed by atoms with Crippen LogP contribution in [0.4, 0.5) is 10.1 Å². The number of rotatable bonds is 8. The van der Waals surface area contributed by atoms with Gasteiger partial charge in [0.2, 0.25) is 5.91 Å². The van der Waals surface area contributed by atoms with Crippen molar-refractivity contribution >= 4 is 35.1 Å². The van der Waals surface area contributed by atoms with Crippen LogP contribution in [0.1, 0.15) is 57.4 Å². The predicted octanol–water partition coefficient (Wildman–Crippen LogP) is 3.84. The van der Waals surface area contributed by atoms with Crippen LogP contribution < -0.4 is 10.6 Å². The van der Waals surface area contributed by atoms with Crippen molar-refractivity contribution in [2.24, 2.45) is 0 Å². The molecule has 3 N–H and O–H groups in total. The summed E-state index contributed by atoms with van der Waals surface area (Å²) in [5, 5.41) is 21.8. The number of amides is 2. The molecular formula is C27H27ClFN5O4. The molecule has 2 amide bonds. The topological polar surface area (TPSA) is 125 Å². The number of carbonyl (C=O) groups is 3. The molecule has 0 saturated carbocycles. The van der Waals surface area contributed by atoms with Crippen LogP contribution in [-0.2, 0) is 16.8 Å². The van der Waals surface area contributed by atoms with Gasteiger partial charge in [-0.2, -0.15) is 5.10 Å². The van der Waals surface area contributed by atoms with Gasteiger partial charge in [-0.3, -0.25) is 14.5 Å². The first-order chi connectivity index (χ1) is 18.1. The van der Waals surface area contributed by atoms with E-state index in [2.05, 4.69) is 20.8 Å². The number of hydrogen-bond donors (Lipinski definition) is 3. The van der Waals surface area contributed by atoms with Gasteiger partial charge in [0.1, 0.15) is 5.82 Å². The van der Waals surface area contributed by atoms with E-state index in [9.17, 15) is 18.8 Å². The summed E-state index contributed by atoms with van der Waals surface area (Å²) in [4.78, 5) is 39.5. The zero-order valence-corrected chi connectivity index (χ0v) is 21.8. The van der Waals surface area contributed by atoms with Crippen LogP contribution >= 0.6 is 11.6 Å². The Labute approximate surface area is 224 Å². The number of carboxylic acids is 1. The van der Waals surface area contributed by atoms with Gasteiger partial charge in [-0.05, 0) is 41.3 Å². The molecule has 1 aromatic heterocycles. The number of aromatic nitrogens is 2. The first-order valence-electron chi connectivity index (χ1n) is 12.0. The molecular weight excluding hydrogens is 513 g/mol. The molecule has 11 heteroatoms. The monoisotopic (exact) mass is 539 g/mol. The van der Waals surface area contributed by atoms with Crippen LogP contribution in [0, 0.1) is 5.82 Å². The summed E-state index contributed by atoms with van der Waals surface area (Å²) in [7, 11) is 1.43. The van der Waals surface area contributed by atoms with E-state index in [0.29, 0.717) is 25.3 Å². The fraction of sp³-hybridized carbons (Fsp3) is 0.296. The molecule has 1 saturated heterocycles. The average Bonchev–Trinajstić information content (AvgIpc) is 2.87. The third-order valence-corrected chi connectivity index (χ3v) is 6.91. The zero-order chi connectivity index (χ0) is 27.6. The molecule has 9 nitrogen and oxygen atoms in total. The van der Waals surface area contributed by atoms with E-state index >= 15 is 0 Å². The van der Waals surface area contributed by atoms with Crippen molar-refractivity contribution in [1.29, 1.82) is 0 Å². The van der Waals surface area contributed by atoms with Crippen LogP contribution in [0.3, 0.4) is 0 Å². The van der Waals surface area contributed by atoms with Crippen molar-refractivity contribution in [2.75, 3.05) is 25.5 Å². The van der Waals surface area contributed by atoms with Crippen molar-refractivity contribution < 1.29 is 23.9 Å². The van der Waals surface area contributed by atoms with Gasteiger partial charge in [0, 0.05) is 26.7 Å². The van der Waals surface area contributed by atoms with Gasteiger partial charge in [-0.1, -0.05) is 49.7 Å². The number of carbonyl (C=O) groups excluding carboxylic acids is 2. The maximum Gasteiger partial charge on any atom is 0.356 e. The van der Waals surface area contributed by atoms with Crippen molar-refractivity contribution in [3.8, 4) is 0 Å². The van der Waals surface area contributed by atoms with Crippen LogP contribution in [0.5, 0.6) is 0 Å². The minimum Gasteiger partial charge on any atom is -0.476 e. The summed E-state index contributed by atoms with van der Waals surface area (Å²) in [5.74, 6) is -2.69. The van der Waals surface area contributed by atoms with Gasteiger partial charge in [-0.15, -0.1) is 5.10 Å². The first-order valence-corrected chi connectivity index (χ1v) is 12.3. The third kappa shape index (κ3) is 5.23. The van der Waals surface area contributed by atoms with E-state index in [4.69, 9.17) is 16.7 Å². The lowest BCUT2D eigenvalue weighted by molar-refractivity contribution is -0.128. The highest BCUT2D eigenvalue weighted by Gasteiger charge is 2.51. The Balaban J connectivity index is 1.67. The molecule has 0 aliphatic carbocycles. The lowest BCUT2D eigenvalue weighted by Gasteiger charge is -2.50. The number of hydrogen-bond acceptors (Lipinski definition) is 6. The summed E-state index contributed by atoms with van der Waals surface area (Å²) in [5.41, 5.74) is 1.32. The maximum absolute atomic E-state index is 14.4. The molecule has 2 aromatic carbocycles. The van der Waals surface area contributed by atoms with Gasteiger partial charge in [0.05, 0.1) is 27.4 Å². The second-order valence-corrected chi connectivity index (χ2v) is 9.94. The molecule has 0 unspecified atom stereocenters. The highest BCUT2D eigenvalue weighted by Crippen LogP contribution is 2.41. The second-order valence-electron chi connectivity index (χ2n) is 9.53. The van der Waals surface area contributed by atoms with Crippen LogP contribution in [0.25, 0.3) is 0 Å². The molecule has 3 aromatic rings. The Morgan fingerprint density at radius 3 is 2.45 bits per heavy atom. The van der Waals surface area contributed by atoms with Crippen molar-refractivity contribution in [3.63, 3.8) is 0 Å². The number of anilines is 1. The van der Waals surface area contributed by atoms with E-state index in [0.717, 1.165) is 17.2 Å². The molecule has 198 valence electrons. The Bertz CT molecular complexity index is 1390. The maximum atomic E-state index is 14.4. The lowest BCUT2D eigenvalue weighted by Crippen LogP contribution is -2.65. The van der Waals surface area contributed by atoms with Gasteiger partial charge in [0.15, 0.2) is 5.69 Å². The van der Waals surface area contributed by atoms with Crippen LogP contribution in [0.2, 0.25) is 5.02 Å². The highest BCUT2D eigenvalue weighted by atomic mass is 35.5. The molecule has 1 aliphatic heterocycles. The quantitative estimate of drug-likeness (QED) is 0.397. The Morgan fingerprint density at radius 1 is 1.13 bits per heavy atom. The van der Waals surface area contributed by atoms with Crippen molar-refractivity contribution in [1.82, 2.24) is 20.4 Å². The second kappa shape index (κ2) is 10.8. The van der Waals surface area contributed by atoms with E-state index in [1.54, 1.807) is 6.07 Å². The molecule has 2 heterocycles. The van der Waals surface area contributed by atoms with Crippen molar-refractivity contribution in [3.05, 3.63) is 87.4 Å². The highest BCUT2D eigenvalue weighted by molar-refractivity contribution is 6.31. The van der Waals surface area contributed by atoms with E-state index in [1.165, 1.54) is 19.2 Å². The Kier molecular flexibility index (Phi) is 7.75. The van der Waals surface area contributed by atoms with Gasteiger partial charge >= 0.3 is 5.97 Å². The third-order valence-electron chi connectivity index (χ3n) is 6.62. The Morgan fingerprint density at radius 2 is 1.84 bits per heavy atom. The van der Waals surface area contributed by atoms with Crippen molar-refractivity contribution in [2.45, 2.75) is 31.7 Å². The smallest absolute Gasteiger partial charge is 0.356 e.